The van der Waals surface area contributed by atoms with Gasteiger partial charge in [0.15, 0.2) is 0 Å². The SMILES string of the molecule is O=C1CCCN1Cc1cn(C2CN(S(=O)(=O)c3ccc(-n4cccn4)cc3)C2)nn1. The molecular formula is C19H21N7O3S. The highest BCUT2D eigenvalue weighted by Crippen LogP contribution is 2.28. The van der Waals surface area contributed by atoms with Gasteiger partial charge in [-0.25, -0.2) is 17.8 Å². The van der Waals surface area contributed by atoms with Crippen molar-refractivity contribution in [1.29, 1.82) is 0 Å². The van der Waals surface area contributed by atoms with Crippen LogP contribution in [0.1, 0.15) is 24.6 Å². The summed E-state index contributed by atoms with van der Waals surface area (Å²) in [7, 11) is -3.56. The molecule has 0 aliphatic carbocycles. The summed E-state index contributed by atoms with van der Waals surface area (Å²) in [6.07, 6.45) is 6.75. The highest BCUT2D eigenvalue weighted by molar-refractivity contribution is 7.89. The van der Waals surface area contributed by atoms with Gasteiger partial charge >= 0.3 is 0 Å². The number of aromatic nitrogens is 5. The Balaban J connectivity index is 1.22. The van der Waals surface area contributed by atoms with Crippen molar-refractivity contribution in [2.75, 3.05) is 19.6 Å². The second-order valence-electron chi connectivity index (χ2n) is 7.53. The minimum Gasteiger partial charge on any atom is -0.337 e. The number of nitrogens with zero attached hydrogens (tertiary/aromatic N) is 7. The second kappa shape index (κ2) is 7.33. The number of benzene rings is 1. The van der Waals surface area contributed by atoms with Crippen molar-refractivity contribution in [2.45, 2.75) is 30.3 Å². The fraction of sp³-hybridized carbons (Fsp3) is 0.368. The molecule has 0 bridgehead atoms. The zero-order chi connectivity index (χ0) is 20.7. The number of likely N-dealkylation sites (tertiary alicyclic amines) is 1. The van der Waals surface area contributed by atoms with Gasteiger partial charge in [-0.3, -0.25) is 4.79 Å². The zero-order valence-electron chi connectivity index (χ0n) is 16.2. The third-order valence-corrected chi connectivity index (χ3v) is 7.37. The van der Waals surface area contributed by atoms with Gasteiger partial charge in [-0.2, -0.15) is 9.40 Å². The standard InChI is InChI=1S/C19H21N7O3S/c27-19-3-1-9-23(19)11-15-12-26(22-21-15)17-13-24(14-17)30(28,29)18-6-4-16(5-7-18)25-10-2-8-20-25/h2,4-8,10,12,17H,1,3,9,11,13-14H2. The van der Waals surface area contributed by atoms with Gasteiger partial charge in [0.05, 0.1) is 29.4 Å². The largest absolute Gasteiger partial charge is 0.337 e. The van der Waals surface area contributed by atoms with Gasteiger partial charge in [-0.15, -0.1) is 5.10 Å². The third kappa shape index (κ3) is 3.39. The summed E-state index contributed by atoms with van der Waals surface area (Å²) in [6.45, 7) is 1.89. The molecule has 0 N–H and O–H groups in total. The topological polar surface area (TPSA) is 106 Å². The van der Waals surface area contributed by atoms with Crippen LogP contribution < -0.4 is 0 Å². The molecule has 2 aliphatic heterocycles. The van der Waals surface area contributed by atoms with Crippen molar-refractivity contribution < 1.29 is 13.2 Å². The summed E-state index contributed by atoms with van der Waals surface area (Å²) in [6, 6.07) is 8.42. The number of hydrogen-bond donors (Lipinski definition) is 0. The summed E-state index contributed by atoms with van der Waals surface area (Å²) < 4.78 is 30.6. The number of hydrogen-bond acceptors (Lipinski definition) is 6. The predicted molar refractivity (Wildman–Crippen MR) is 106 cm³/mol. The highest BCUT2D eigenvalue weighted by atomic mass is 32.2. The molecule has 0 spiro atoms. The van der Waals surface area contributed by atoms with Crippen LogP contribution in [0.3, 0.4) is 0 Å². The molecule has 156 valence electrons. The smallest absolute Gasteiger partial charge is 0.243 e. The molecule has 0 saturated carbocycles. The van der Waals surface area contributed by atoms with Crippen LogP contribution in [0.2, 0.25) is 0 Å². The first-order chi connectivity index (χ1) is 14.5. The molecule has 11 heteroatoms. The van der Waals surface area contributed by atoms with E-state index in [9.17, 15) is 13.2 Å². The Morgan fingerprint density at radius 2 is 1.93 bits per heavy atom. The van der Waals surface area contributed by atoms with E-state index in [1.807, 2.05) is 6.07 Å². The minimum absolute atomic E-state index is 0.0568. The van der Waals surface area contributed by atoms with Gasteiger partial charge in [-0.1, -0.05) is 5.21 Å². The van der Waals surface area contributed by atoms with E-state index in [0.29, 0.717) is 26.1 Å². The van der Waals surface area contributed by atoms with Crippen LogP contribution in [0.4, 0.5) is 0 Å². The Morgan fingerprint density at radius 1 is 1.13 bits per heavy atom. The van der Waals surface area contributed by atoms with Crippen molar-refractivity contribution >= 4 is 15.9 Å². The summed E-state index contributed by atoms with van der Waals surface area (Å²) in [5, 5.41) is 12.4. The number of carbonyl (C=O) groups is 1. The number of carbonyl (C=O) groups excluding carboxylic acids is 1. The normalized spacial score (nSPS) is 18.1. The Kier molecular flexibility index (Phi) is 4.63. The fourth-order valence-corrected chi connectivity index (χ4v) is 5.27. The first-order valence-corrected chi connectivity index (χ1v) is 11.2. The minimum atomic E-state index is -3.56. The molecule has 2 fully saturated rings. The van der Waals surface area contributed by atoms with Gasteiger partial charge in [-0.05, 0) is 36.8 Å². The Morgan fingerprint density at radius 3 is 2.60 bits per heavy atom. The highest BCUT2D eigenvalue weighted by Gasteiger charge is 2.38. The maximum atomic E-state index is 12.9. The van der Waals surface area contributed by atoms with Crippen LogP contribution in [-0.2, 0) is 21.4 Å². The summed E-state index contributed by atoms with van der Waals surface area (Å²) in [5.74, 6) is 0.143. The van der Waals surface area contributed by atoms with Crippen LogP contribution >= 0.6 is 0 Å². The Labute approximate surface area is 173 Å². The molecule has 2 saturated heterocycles. The Hall–Kier alpha value is -3.05. The molecule has 0 atom stereocenters. The first-order valence-electron chi connectivity index (χ1n) is 9.79. The molecule has 2 aromatic heterocycles. The predicted octanol–water partition coefficient (Wildman–Crippen LogP) is 0.832. The average Bonchev–Trinajstić information content (AvgIpc) is 3.45. The first kappa shape index (κ1) is 18.9. The molecule has 5 rings (SSSR count). The van der Waals surface area contributed by atoms with E-state index < -0.39 is 10.0 Å². The van der Waals surface area contributed by atoms with E-state index in [-0.39, 0.29) is 16.8 Å². The molecule has 0 unspecified atom stereocenters. The number of amides is 1. The van der Waals surface area contributed by atoms with Crippen LogP contribution in [0.25, 0.3) is 5.69 Å². The lowest BCUT2D eigenvalue weighted by Gasteiger charge is -2.37. The molecule has 30 heavy (non-hydrogen) atoms. The molecular weight excluding hydrogens is 406 g/mol. The van der Waals surface area contributed by atoms with Crippen molar-refractivity contribution in [1.82, 2.24) is 34.0 Å². The fourth-order valence-electron chi connectivity index (χ4n) is 3.75. The van der Waals surface area contributed by atoms with Crippen LogP contribution in [0.15, 0.2) is 53.8 Å². The van der Waals surface area contributed by atoms with E-state index >= 15 is 0 Å². The molecule has 4 heterocycles. The van der Waals surface area contributed by atoms with Crippen molar-refractivity contribution in [3.8, 4) is 5.69 Å². The molecule has 10 nitrogen and oxygen atoms in total. The molecule has 1 amide bonds. The maximum absolute atomic E-state index is 12.9. The number of sulfonamides is 1. The second-order valence-corrected chi connectivity index (χ2v) is 9.47. The van der Waals surface area contributed by atoms with Gasteiger partial charge < -0.3 is 4.90 Å². The lowest BCUT2D eigenvalue weighted by molar-refractivity contribution is -0.128. The van der Waals surface area contributed by atoms with Crippen molar-refractivity contribution in [2.24, 2.45) is 0 Å². The van der Waals surface area contributed by atoms with E-state index in [2.05, 4.69) is 15.4 Å². The van der Waals surface area contributed by atoms with Gasteiger partial charge in [0.1, 0.15) is 5.69 Å². The van der Waals surface area contributed by atoms with Gasteiger partial charge in [0.2, 0.25) is 15.9 Å². The molecule has 2 aliphatic rings. The maximum Gasteiger partial charge on any atom is 0.243 e. The van der Waals surface area contributed by atoms with E-state index in [0.717, 1.165) is 24.3 Å². The van der Waals surface area contributed by atoms with Crippen molar-refractivity contribution in [3.63, 3.8) is 0 Å². The Bertz CT molecular complexity index is 1150. The average molecular weight is 427 g/mol. The van der Waals surface area contributed by atoms with Crippen molar-refractivity contribution in [3.05, 3.63) is 54.6 Å². The zero-order valence-corrected chi connectivity index (χ0v) is 17.0. The van der Waals surface area contributed by atoms with Gasteiger partial charge in [0, 0.05) is 38.4 Å². The third-order valence-electron chi connectivity index (χ3n) is 5.53. The van der Waals surface area contributed by atoms with Gasteiger partial charge in [0.25, 0.3) is 0 Å². The molecule has 3 aromatic rings. The van der Waals surface area contributed by atoms with E-state index in [1.54, 1.807) is 57.1 Å². The van der Waals surface area contributed by atoms with E-state index in [1.165, 1.54) is 4.31 Å². The number of rotatable bonds is 6. The summed E-state index contributed by atoms with van der Waals surface area (Å²) in [5.41, 5.74) is 1.52. The molecule has 0 radical (unpaired) electrons. The van der Waals surface area contributed by atoms with E-state index in [4.69, 9.17) is 0 Å². The lowest BCUT2D eigenvalue weighted by Crippen LogP contribution is -2.50. The monoisotopic (exact) mass is 427 g/mol. The van der Waals surface area contributed by atoms with Crippen LogP contribution in [0.5, 0.6) is 0 Å². The molecule has 1 aromatic carbocycles. The lowest BCUT2D eigenvalue weighted by atomic mass is 10.2. The summed E-state index contributed by atoms with van der Waals surface area (Å²) >= 11 is 0. The van der Waals surface area contributed by atoms with Crippen LogP contribution in [-0.4, -0.2) is 67.9 Å². The van der Waals surface area contributed by atoms with Crippen LogP contribution in [0, 0.1) is 0 Å². The summed E-state index contributed by atoms with van der Waals surface area (Å²) in [4.78, 5) is 13.8. The quantitative estimate of drug-likeness (QED) is 0.577.